The van der Waals surface area contributed by atoms with Gasteiger partial charge in [-0.2, -0.15) is 0 Å². The van der Waals surface area contributed by atoms with Gasteiger partial charge in [0, 0.05) is 23.4 Å². The van der Waals surface area contributed by atoms with Gasteiger partial charge in [-0.15, -0.1) is 11.3 Å². The molecule has 2 N–H and O–H groups in total. The molecule has 0 aliphatic heterocycles. The summed E-state index contributed by atoms with van der Waals surface area (Å²) in [5, 5.41) is 7.10. The zero-order chi connectivity index (χ0) is 22.6. The highest BCUT2D eigenvalue weighted by Crippen LogP contribution is 2.25. The molecular weight excluding hydrogens is 416 g/mol. The molecule has 5 heteroatoms. The van der Waals surface area contributed by atoms with Gasteiger partial charge >= 0.3 is 0 Å². The first-order chi connectivity index (χ1) is 15.4. The number of fused-ring (bicyclic) bond motifs is 1. The maximum absolute atomic E-state index is 12.6. The van der Waals surface area contributed by atoms with Crippen LogP contribution in [0.1, 0.15) is 52.3 Å². The Hall–Kier alpha value is -3.18. The van der Waals surface area contributed by atoms with Crippen molar-refractivity contribution in [2.45, 2.75) is 26.7 Å². The van der Waals surface area contributed by atoms with Gasteiger partial charge in [0.15, 0.2) is 0 Å². The van der Waals surface area contributed by atoms with Crippen molar-refractivity contribution in [3.05, 3.63) is 88.8 Å². The highest BCUT2D eigenvalue weighted by Gasteiger charge is 2.21. The molecule has 2 aromatic carbocycles. The van der Waals surface area contributed by atoms with Crippen LogP contribution in [-0.4, -0.2) is 24.9 Å². The van der Waals surface area contributed by atoms with Crippen molar-refractivity contribution in [1.82, 2.24) is 10.6 Å². The van der Waals surface area contributed by atoms with Crippen LogP contribution in [0.5, 0.6) is 0 Å². The van der Waals surface area contributed by atoms with Crippen molar-refractivity contribution in [2.75, 3.05) is 13.1 Å². The summed E-state index contributed by atoms with van der Waals surface area (Å²) in [7, 11) is 0. The zero-order valence-electron chi connectivity index (χ0n) is 18.5. The van der Waals surface area contributed by atoms with Crippen molar-refractivity contribution in [3.8, 4) is 0 Å². The van der Waals surface area contributed by atoms with Crippen LogP contribution in [0.25, 0.3) is 15.7 Å². The molecule has 0 atom stereocenters. The fraction of sp³-hybridized carbons (Fsp3) is 0.259. The second-order valence-electron chi connectivity index (χ2n) is 8.89. The minimum absolute atomic E-state index is 0.0766. The zero-order valence-corrected chi connectivity index (χ0v) is 19.3. The van der Waals surface area contributed by atoms with E-state index in [9.17, 15) is 9.59 Å². The highest BCUT2D eigenvalue weighted by atomic mass is 32.1. The predicted molar refractivity (Wildman–Crippen MR) is 133 cm³/mol. The number of carbonyl (C=O) groups is 2. The van der Waals surface area contributed by atoms with Gasteiger partial charge in [-0.1, -0.05) is 62.4 Å². The normalized spacial score (nSPS) is 13.6. The molecule has 4 nitrogen and oxygen atoms in total. The Bertz CT molecular complexity index is 1150. The first-order valence-electron chi connectivity index (χ1n) is 10.9. The standard InChI is InChI=1S/C27H28N2O2S/c1-27(2,18-29-26(31)24-16-22-10-6-7-11-23(22)32-24)17-28-25(30)21-14-12-20(13-15-21)19-8-4-3-5-9-19/h4,6-16H,3,5,17-18H2,1-2H3,(H,28,30)(H,29,31). The summed E-state index contributed by atoms with van der Waals surface area (Å²) in [6.07, 6.45) is 8.68. The van der Waals surface area contributed by atoms with Gasteiger partial charge in [0.05, 0.1) is 4.88 Å². The Morgan fingerprint density at radius 3 is 2.34 bits per heavy atom. The number of allylic oxidation sites excluding steroid dienone is 4. The van der Waals surface area contributed by atoms with Gasteiger partial charge < -0.3 is 10.6 Å². The SMILES string of the molecule is CC(C)(CNC(=O)c1ccc(C2=CCCC=C2)cc1)CNC(=O)c1cc2ccccc2s1. The lowest BCUT2D eigenvalue weighted by atomic mass is 9.93. The van der Waals surface area contributed by atoms with Gasteiger partial charge in [-0.3, -0.25) is 9.59 Å². The van der Waals surface area contributed by atoms with Crippen molar-refractivity contribution in [1.29, 1.82) is 0 Å². The Kier molecular flexibility index (Phi) is 6.56. The van der Waals surface area contributed by atoms with Gasteiger partial charge in [0.2, 0.25) is 0 Å². The average molecular weight is 445 g/mol. The van der Waals surface area contributed by atoms with E-state index in [1.807, 2.05) is 68.4 Å². The minimum atomic E-state index is -0.278. The van der Waals surface area contributed by atoms with E-state index < -0.39 is 0 Å². The predicted octanol–water partition coefficient (Wildman–Crippen LogP) is 5.82. The molecule has 2 amide bonds. The monoisotopic (exact) mass is 444 g/mol. The van der Waals surface area contributed by atoms with E-state index >= 15 is 0 Å². The van der Waals surface area contributed by atoms with Gasteiger partial charge in [-0.05, 0) is 59.0 Å². The van der Waals surface area contributed by atoms with Crippen LogP contribution >= 0.6 is 11.3 Å². The number of carbonyl (C=O) groups excluding carboxylic acids is 2. The molecule has 1 aliphatic rings. The van der Waals surface area contributed by atoms with E-state index in [1.54, 1.807) is 0 Å². The fourth-order valence-electron chi connectivity index (χ4n) is 3.63. The summed E-state index contributed by atoms with van der Waals surface area (Å²) in [5.74, 6) is -0.180. The first-order valence-corrected chi connectivity index (χ1v) is 11.8. The number of hydrogen-bond acceptors (Lipinski definition) is 3. The third-order valence-electron chi connectivity index (χ3n) is 5.58. The van der Waals surface area contributed by atoms with Gasteiger partial charge in [-0.25, -0.2) is 0 Å². The highest BCUT2D eigenvalue weighted by molar-refractivity contribution is 7.20. The molecule has 0 spiro atoms. The van der Waals surface area contributed by atoms with E-state index in [0.717, 1.165) is 28.5 Å². The molecule has 0 saturated heterocycles. The molecule has 3 aromatic rings. The Morgan fingerprint density at radius 2 is 1.66 bits per heavy atom. The van der Waals surface area contributed by atoms with Gasteiger partial charge in [0.25, 0.3) is 11.8 Å². The molecule has 4 rings (SSSR count). The fourth-order valence-corrected chi connectivity index (χ4v) is 4.61. The van der Waals surface area contributed by atoms with Crippen molar-refractivity contribution in [2.24, 2.45) is 5.41 Å². The summed E-state index contributed by atoms with van der Waals surface area (Å²) in [5.41, 5.74) is 2.69. The molecule has 0 unspecified atom stereocenters. The Balaban J connectivity index is 1.29. The first kappa shape index (κ1) is 22.0. The molecule has 32 heavy (non-hydrogen) atoms. The van der Waals surface area contributed by atoms with Crippen molar-refractivity contribution >= 4 is 38.8 Å². The summed E-state index contributed by atoms with van der Waals surface area (Å²) < 4.78 is 1.10. The summed E-state index contributed by atoms with van der Waals surface area (Å²) in [6.45, 7) is 5.00. The van der Waals surface area contributed by atoms with E-state index in [4.69, 9.17) is 0 Å². The molecule has 0 fully saturated rings. The van der Waals surface area contributed by atoms with E-state index in [0.29, 0.717) is 23.5 Å². The quantitative estimate of drug-likeness (QED) is 0.482. The lowest BCUT2D eigenvalue weighted by molar-refractivity contribution is 0.0922. The van der Waals surface area contributed by atoms with E-state index in [1.165, 1.54) is 16.9 Å². The van der Waals surface area contributed by atoms with Crippen LogP contribution in [0, 0.1) is 5.41 Å². The minimum Gasteiger partial charge on any atom is -0.351 e. The molecule has 0 radical (unpaired) electrons. The number of thiophene rings is 1. The second kappa shape index (κ2) is 9.53. The summed E-state index contributed by atoms with van der Waals surface area (Å²) >= 11 is 1.49. The van der Waals surface area contributed by atoms with Crippen molar-refractivity contribution in [3.63, 3.8) is 0 Å². The van der Waals surface area contributed by atoms with E-state index in [-0.39, 0.29) is 17.2 Å². The Morgan fingerprint density at radius 1 is 0.938 bits per heavy atom. The maximum atomic E-state index is 12.6. The van der Waals surface area contributed by atoms with Crippen LogP contribution < -0.4 is 10.6 Å². The van der Waals surface area contributed by atoms with Crippen LogP contribution in [0.3, 0.4) is 0 Å². The maximum Gasteiger partial charge on any atom is 0.261 e. The third kappa shape index (κ3) is 5.35. The number of amides is 2. The summed E-state index contributed by atoms with van der Waals surface area (Å²) in [6, 6.07) is 17.6. The topological polar surface area (TPSA) is 58.2 Å². The molecule has 1 aliphatic carbocycles. The number of hydrogen-bond donors (Lipinski definition) is 2. The smallest absolute Gasteiger partial charge is 0.261 e. The number of nitrogens with one attached hydrogen (secondary N) is 2. The number of rotatable bonds is 7. The average Bonchev–Trinajstić information content (AvgIpc) is 3.26. The van der Waals surface area contributed by atoms with Crippen LogP contribution in [0.2, 0.25) is 0 Å². The van der Waals surface area contributed by atoms with Gasteiger partial charge in [0.1, 0.15) is 0 Å². The molecule has 0 saturated carbocycles. The second-order valence-corrected chi connectivity index (χ2v) is 9.98. The lowest BCUT2D eigenvalue weighted by Gasteiger charge is -2.25. The number of benzene rings is 2. The van der Waals surface area contributed by atoms with E-state index in [2.05, 4.69) is 28.9 Å². The van der Waals surface area contributed by atoms with Crippen LogP contribution in [0.15, 0.2) is 72.8 Å². The lowest BCUT2D eigenvalue weighted by Crippen LogP contribution is -2.41. The molecule has 0 bridgehead atoms. The van der Waals surface area contributed by atoms with Crippen LogP contribution in [-0.2, 0) is 0 Å². The Labute approximate surface area is 193 Å². The molecule has 1 heterocycles. The largest absolute Gasteiger partial charge is 0.351 e. The molecule has 1 aromatic heterocycles. The summed E-state index contributed by atoms with van der Waals surface area (Å²) in [4.78, 5) is 25.9. The third-order valence-corrected chi connectivity index (χ3v) is 6.69. The van der Waals surface area contributed by atoms with Crippen molar-refractivity contribution < 1.29 is 9.59 Å². The molecular formula is C27H28N2O2S. The van der Waals surface area contributed by atoms with Crippen LogP contribution in [0.4, 0.5) is 0 Å². The molecule has 164 valence electrons.